The lowest BCUT2D eigenvalue weighted by Crippen LogP contribution is -2.32. The van der Waals surface area contributed by atoms with E-state index in [0.717, 1.165) is 11.8 Å². The number of fused-ring (bicyclic) bond motifs is 1. The number of halogens is 1. The molecule has 2 unspecified atom stereocenters. The van der Waals surface area contributed by atoms with E-state index in [1.54, 1.807) is 11.1 Å². The van der Waals surface area contributed by atoms with Gasteiger partial charge in [0.05, 0.1) is 0 Å². The van der Waals surface area contributed by atoms with Crippen molar-refractivity contribution in [1.29, 1.82) is 0 Å². The smallest absolute Gasteiger partial charge is 0.0178 e. The van der Waals surface area contributed by atoms with Gasteiger partial charge in [-0.3, -0.25) is 0 Å². The highest BCUT2D eigenvalue weighted by molar-refractivity contribution is 9.10. The molecule has 2 atom stereocenters. The normalized spacial score (nSPS) is 36.2. The van der Waals surface area contributed by atoms with Crippen molar-refractivity contribution in [3.8, 4) is 0 Å². The lowest BCUT2D eigenvalue weighted by Gasteiger charge is -2.40. The van der Waals surface area contributed by atoms with Crippen LogP contribution in [0.1, 0.15) is 44.2 Å². The molecule has 0 aliphatic heterocycles. The van der Waals surface area contributed by atoms with Crippen molar-refractivity contribution in [2.75, 3.05) is 0 Å². The van der Waals surface area contributed by atoms with E-state index in [1.807, 2.05) is 0 Å². The van der Waals surface area contributed by atoms with Crippen molar-refractivity contribution < 1.29 is 0 Å². The summed E-state index contributed by atoms with van der Waals surface area (Å²) in [6.07, 6.45) is 6.94. The second-order valence-electron chi connectivity index (χ2n) is 6.62. The molecule has 0 saturated heterocycles. The fraction of sp³-hybridized carbons (Fsp3) is 0.625. The molecule has 92 valence electrons. The van der Waals surface area contributed by atoms with Crippen LogP contribution in [0.2, 0.25) is 0 Å². The first kappa shape index (κ1) is 11.8. The minimum absolute atomic E-state index is 0.597. The first-order valence-electron chi connectivity index (χ1n) is 6.84. The van der Waals surface area contributed by atoms with Gasteiger partial charge in [-0.1, -0.05) is 35.8 Å². The fourth-order valence-corrected chi connectivity index (χ4v) is 4.91. The molecule has 0 radical (unpaired) electrons. The Morgan fingerprint density at radius 3 is 2.41 bits per heavy atom. The maximum Gasteiger partial charge on any atom is 0.0178 e. The van der Waals surface area contributed by atoms with Gasteiger partial charge in [0.2, 0.25) is 0 Å². The van der Waals surface area contributed by atoms with E-state index < -0.39 is 0 Å². The molecule has 1 aromatic carbocycles. The van der Waals surface area contributed by atoms with Gasteiger partial charge < -0.3 is 0 Å². The van der Waals surface area contributed by atoms with Gasteiger partial charge in [0.1, 0.15) is 0 Å². The predicted octanol–water partition coefficient (Wildman–Crippen LogP) is 4.99. The van der Waals surface area contributed by atoms with Crippen LogP contribution in [-0.2, 0) is 12.8 Å². The molecule has 3 rings (SSSR count). The summed E-state index contributed by atoms with van der Waals surface area (Å²) >= 11 is 3.60. The van der Waals surface area contributed by atoms with Gasteiger partial charge in [-0.05, 0) is 72.6 Å². The van der Waals surface area contributed by atoms with Crippen molar-refractivity contribution in [2.24, 2.45) is 17.3 Å². The van der Waals surface area contributed by atoms with Gasteiger partial charge >= 0.3 is 0 Å². The maximum atomic E-state index is 3.60. The minimum Gasteiger partial charge on any atom is -0.0625 e. The summed E-state index contributed by atoms with van der Waals surface area (Å²) < 4.78 is 1.24. The molecule has 0 N–H and O–H groups in total. The molecule has 1 aromatic rings. The molecule has 0 heterocycles. The summed E-state index contributed by atoms with van der Waals surface area (Å²) in [5.74, 6) is 1.83. The van der Waals surface area contributed by atoms with Crippen molar-refractivity contribution in [1.82, 2.24) is 0 Å². The van der Waals surface area contributed by atoms with Crippen LogP contribution in [0.25, 0.3) is 0 Å². The Hall–Kier alpha value is -0.300. The van der Waals surface area contributed by atoms with E-state index in [2.05, 4.69) is 48.0 Å². The second-order valence-corrected chi connectivity index (χ2v) is 7.54. The van der Waals surface area contributed by atoms with Gasteiger partial charge in [-0.25, -0.2) is 0 Å². The van der Waals surface area contributed by atoms with Crippen LogP contribution >= 0.6 is 15.9 Å². The van der Waals surface area contributed by atoms with E-state index >= 15 is 0 Å². The lowest BCUT2D eigenvalue weighted by atomic mass is 9.65. The molecule has 1 heteroatoms. The Balaban J connectivity index is 1.89. The molecule has 1 fully saturated rings. The van der Waals surface area contributed by atoms with Crippen LogP contribution in [-0.4, -0.2) is 0 Å². The highest BCUT2D eigenvalue weighted by Crippen LogP contribution is 2.50. The molecule has 2 aliphatic carbocycles. The van der Waals surface area contributed by atoms with E-state index in [0.29, 0.717) is 5.41 Å². The largest absolute Gasteiger partial charge is 0.0625 e. The number of hydrogen-bond donors (Lipinski definition) is 0. The van der Waals surface area contributed by atoms with Gasteiger partial charge in [0.15, 0.2) is 0 Å². The first-order chi connectivity index (χ1) is 8.06. The highest BCUT2D eigenvalue weighted by atomic mass is 79.9. The molecule has 1 saturated carbocycles. The molecule has 1 spiro atoms. The molecule has 0 amide bonds. The quantitative estimate of drug-likeness (QED) is 0.632. The highest BCUT2D eigenvalue weighted by Gasteiger charge is 2.42. The topological polar surface area (TPSA) is 0 Å². The Bertz CT molecular complexity index is 425. The Kier molecular flexibility index (Phi) is 2.85. The van der Waals surface area contributed by atoms with E-state index in [4.69, 9.17) is 0 Å². The maximum absolute atomic E-state index is 3.60. The average Bonchev–Trinajstić information content (AvgIpc) is 2.52. The summed E-state index contributed by atoms with van der Waals surface area (Å²) in [7, 11) is 0. The number of benzene rings is 1. The summed E-state index contributed by atoms with van der Waals surface area (Å²) in [5, 5.41) is 0. The van der Waals surface area contributed by atoms with Gasteiger partial charge in [0.25, 0.3) is 0 Å². The molecular weight excluding hydrogens is 272 g/mol. The minimum atomic E-state index is 0.597. The van der Waals surface area contributed by atoms with Crippen LogP contribution in [0.3, 0.4) is 0 Å². The summed E-state index contributed by atoms with van der Waals surface area (Å²) in [6, 6.07) is 6.87. The molecular formula is C16H21Br. The average molecular weight is 293 g/mol. The zero-order valence-electron chi connectivity index (χ0n) is 10.8. The van der Waals surface area contributed by atoms with Crippen LogP contribution < -0.4 is 0 Å². The number of hydrogen-bond acceptors (Lipinski definition) is 0. The number of rotatable bonds is 0. The van der Waals surface area contributed by atoms with Crippen LogP contribution in [0.15, 0.2) is 22.7 Å². The summed E-state index contributed by atoms with van der Waals surface area (Å²) in [4.78, 5) is 0. The Morgan fingerprint density at radius 2 is 1.71 bits per heavy atom. The Morgan fingerprint density at radius 1 is 1.06 bits per heavy atom. The van der Waals surface area contributed by atoms with Crippen molar-refractivity contribution in [3.63, 3.8) is 0 Å². The first-order valence-corrected chi connectivity index (χ1v) is 7.63. The third kappa shape index (κ3) is 2.19. The molecule has 17 heavy (non-hydrogen) atoms. The standard InChI is InChI=1S/C16H21Br/c1-11-5-12(2)8-16(7-11)9-13-3-4-15(17)6-14(13)10-16/h3-4,6,11-12H,5,7-10H2,1-2H3. The predicted molar refractivity (Wildman–Crippen MR) is 76.2 cm³/mol. The van der Waals surface area contributed by atoms with Gasteiger partial charge in [-0.15, -0.1) is 0 Å². The van der Waals surface area contributed by atoms with Gasteiger partial charge in [0, 0.05) is 4.47 Å². The van der Waals surface area contributed by atoms with Crippen molar-refractivity contribution in [2.45, 2.75) is 46.0 Å². The van der Waals surface area contributed by atoms with Gasteiger partial charge in [-0.2, -0.15) is 0 Å². The van der Waals surface area contributed by atoms with E-state index in [-0.39, 0.29) is 0 Å². The monoisotopic (exact) mass is 292 g/mol. The Labute approximate surface area is 113 Å². The lowest BCUT2D eigenvalue weighted by molar-refractivity contribution is 0.115. The van der Waals surface area contributed by atoms with Crippen LogP contribution in [0.5, 0.6) is 0 Å². The van der Waals surface area contributed by atoms with Crippen molar-refractivity contribution in [3.05, 3.63) is 33.8 Å². The molecule has 0 bridgehead atoms. The second kappa shape index (κ2) is 4.12. The summed E-state index contributed by atoms with van der Waals surface area (Å²) in [5.41, 5.74) is 3.80. The van der Waals surface area contributed by atoms with Crippen LogP contribution in [0.4, 0.5) is 0 Å². The zero-order valence-corrected chi connectivity index (χ0v) is 12.4. The third-order valence-corrected chi connectivity index (χ3v) is 5.16. The fourth-order valence-electron chi connectivity index (χ4n) is 4.51. The summed E-state index contributed by atoms with van der Waals surface area (Å²) in [6.45, 7) is 4.88. The molecule has 0 nitrogen and oxygen atoms in total. The molecule has 0 aromatic heterocycles. The van der Waals surface area contributed by atoms with E-state index in [9.17, 15) is 0 Å². The van der Waals surface area contributed by atoms with Crippen molar-refractivity contribution >= 4 is 15.9 Å². The SMILES string of the molecule is CC1CC(C)CC2(Cc3ccc(Br)cc3C2)C1. The van der Waals surface area contributed by atoms with E-state index in [1.165, 1.54) is 36.6 Å². The zero-order chi connectivity index (χ0) is 12.0. The molecule has 2 aliphatic rings. The third-order valence-electron chi connectivity index (χ3n) is 4.67. The van der Waals surface area contributed by atoms with Crippen LogP contribution in [0, 0.1) is 17.3 Å².